The number of phenols is 1. The van der Waals surface area contributed by atoms with Gasteiger partial charge in [-0.25, -0.2) is 9.37 Å². The van der Waals surface area contributed by atoms with Crippen LogP contribution in [-0.4, -0.2) is 21.0 Å². The van der Waals surface area contributed by atoms with Crippen LogP contribution in [0.3, 0.4) is 0 Å². The molecule has 0 atom stereocenters. The molecule has 4 N–H and O–H groups in total. The van der Waals surface area contributed by atoms with Crippen LogP contribution in [0.1, 0.15) is 0 Å². The van der Waals surface area contributed by atoms with Crippen LogP contribution in [0.2, 0.25) is 5.02 Å². The highest BCUT2D eigenvalue weighted by Crippen LogP contribution is 2.28. The predicted octanol–water partition coefficient (Wildman–Crippen LogP) is 4.59. The zero-order valence-corrected chi connectivity index (χ0v) is 15.2. The molecular formula is C19H15ClFN5O2. The third kappa shape index (κ3) is 4.74. The number of carbonyl (C=O) groups excluding carboxylic acids is 1. The number of aromatic hydroxyl groups is 1. The average molecular weight is 400 g/mol. The molecule has 0 aliphatic heterocycles. The Morgan fingerprint density at radius 1 is 1.14 bits per heavy atom. The first kappa shape index (κ1) is 19.1. The molecule has 0 aliphatic carbocycles. The van der Waals surface area contributed by atoms with Crippen LogP contribution in [0.5, 0.6) is 5.75 Å². The van der Waals surface area contributed by atoms with E-state index in [1.807, 2.05) is 0 Å². The van der Waals surface area contributed by atoms with Crippen LogP contribution < -0.4 is 16.0 Å². The van der Waals surface area contributed by atoms with Crippen molar-refractivity contribution in [1.29, 1.82) is 0 Å². The van der Waals surface area contributed by atoms with Crippen molar-refractivity contribution in [3.63, 3.8) is 0 Å². The Morgan fingerprint density at radius 2 is 1.89 bits per heavy atom. The Labute approximate surface area is 164 Å². The molecule has 2 aromatic carbocycles. The summed E-state index contributed by atoms with van der Waals surface area (Å²) >= 11 is 5.77. The molecule has 1 amide bonds. The lowest BCUT2D eigenvalue weighted by Crippen LogP contribution is -2.07. The van der Waals surface area contributed by atoms with Crippen molar-refractivity contribution in [2.45, 2.75) is 0 Å². The molecule has 0 unspecified atom stereocenters. The van der Waals surface area contributed by atoms with Crippen LogP contribution in [0.25, 0.3) is 0 Å². The maximum atomic E-state index is 14.1. The fourth-order valence-corrected chi connectivity index (χ4v) is 2.36. The van der Waals surface area contributed by atoms with Gasteiger partial charge < -0.3 is 21.1 Å². The predicted molar refractivity (Wildman–Crippen MR) is 107 cm³/mol. The fraction of sp³-hybridized carbons (Fsp3) is 0. The molecule has 9 heteroatoms. The topological polar surface area (TPSA) is 99.2 Å². The highest BCUT2D eigenvalue weighted by Gasteiger charge is 2.09. The number of nitrogens with one attached hydrogen (secondary N) is 3. The van der Waals surface area contributed by atoms with Gasteiger partial charge in [-0.1, -0.05) is 24.2 Å². The van der Waals surface area contributed by atoms with E-state index in [1.165, 1.54) is 12.1 Å². The van der Waals surface area contributed by atoms with E-state index in [4.69, 9.17) is 11.6 Å². The molecule has 142 valence electrons. The Hall–Kier alpha value is -3.65. The molecular weight excluding hydrogens is 385 g/mol. The number of hydrogen-bond acceptors (Lipinski definition) is 6. The van der Waals surface area contributed by atoms with Gasteiger partial charge in [0.1, 0.15) is 5.75 Å². The molecule has 1 aromatic heterocycles. The number of halogens is 2. The van der Waals surface area contributed by atoms with Gasteiger partial charge in [0.05, 0.1) is 11.2 Å². The maximum absolute atomic E-state index is 14.1. The zero-order valence-electron chi connectivity index (χ0n) is 14.4. The standard InChI is InChI=1S/C19H15ClFN5O2/c1-2-17(28)23-11-4-3-5-12(8-11)24-18-15(21)10-22-19(26-18)25-13-6-7-14(20)16(27)9-13/h2-10,27H,1H2,(H,23,28)(H2,22,24,25,26). The third-order valence-electron chi connectivity index (χ3n) is 3.52. The highest BCUT2D eigenvalue weighted by atomic mass is 35.5. The Morgan fingerprint density at radius 3 is 2.64 bits per heavy atom. The number of phenolic OH excluding ortho intramolecular Hbond substituents is 1. The van der Waals surface area contributed by atoms with Gasteiger partial charge >= 0.3 is 0 Å². The number of benzene rings is 2. The summed E-state index contributed by atoms with van der Waals surface area (Å²) in [4.78, 5) is 19.4. The van der Waals surface area contributed by atoms with E-state index in [0.717, 1.165) is 12.3 Å². The number of aromatic nitrogens is 2. The SMILES string of the molecule is C=CC(=O)Nc1cccc(Nc2nc(Nc3ccc(Cl)c(O)c3)ncc2F)c1. The van der Waals surface area contributed by atoms with Crippen LogP contribution in [0.4, 0.5) is 33.2 Å². The monoisotopic (exact) mass is 399 g/mol. The summed E-state index contributed by atoms with van der Waals surface area (Å²) < 4.78 is 14.1. The minimum Gasteiger partial charge on any atom is -0.506 e. The maximum Gasteiger partial charge on any atom is 0.247 e. The molecule has 0 fully saturated rings. The van der Waals surface area contributed by atoms with E-state index < -0.39 is 5.82 Å². The highest BCUT2D eigenvalue weighted by molar-refractivity contribution is 6.32. The molecule has 7 nitrogen and oxygen atoms in total. The minimum absolute atomic E-state index is 0.0668. The number of rotatable bonds is 6. The molecule has 3 aromatic rings. The van der Waals surface area contributed by atoms with Gasteiger partial charge in [0, 0.05) is 23.1 Å². The van der Waals surface area contributed by atoms with Crippen LogP contribution >= 0.6 is 11.6 Å². The number of hydrogen-bond donors (Lipinski definition) is 4. The second-order valence-electron chi connectivity index (χ2n) is 5.58. The fourth-order valence-electron chi connectivity index (χ4n) is 2.24. The average Bonchev–Trinajstić information content (AvgIpc) is 2.67. The van der Waals surface area contributed by atoms with E-state index in [2.05, 4.69) is 32.5 Å². The van der Waals surface area contributed by atoms with Crippen molar-refractivity contribution in [2.75, 3.05) is 16.0 Å². The van der Waals surface area contributed by atoms with Gasteiger partial charge in [-0.3, -0.25) is 4.79 Å². The van der Waals surface area contributed by atoms with Gasteiger partial charge in [-0.05, 0) is 36.4 Å². The Kier molecular flexibility index (Phi) is 5.71. The van der Waals surface area contributed by atoms with Gasteiger partial charge in [-0.2, -0.15) is 4.98 Å². The van der Waals surface area contributed by atoms with E-state index in [9.17, 15) is 14.3 Å². The summed E-state index contributed by atoms with van der Waals surface area (Å²) in [6.07, 6.45) is 2.16. The molecule has 0 radical (unpaired) electrons. The van der Waals surface area contributed by atoms with Gasteiger partial charge in [0.15, 0.2) is 11.6 Å². The number of amides is 1. The Balaban J connectivity index is 1.80. The number of anilines is 5. The van der Waals surface area contributed by atoms with Gasteiger partial charge in [0.25, 0.3) is 0 Å². The zero-order chi connectivity index (χ0) is 20.1. The smallest absolute Gasteiger partial charge is 0.247 e. The van der Waals surface area contributed by atoms with Crippen molar-refractivity contribution in [1.82, 2.24) is 9.97 Å². The van der Waals surface area contributed by atoms with Crippen molar-refractivity contribution in [2.24, 2.45) is 0 Å². The number of nitrogens with zero attached hydrogens (tertiary/aromatic N) is 2. The van der Waals surface area contributed by atoms with Crippen LogP contribution in [0, 0.1) is 5.82 Å². The van der Waals surface area contributed by atoms with Crippen molar-refractivity contribution >= 4 is 46.3 Å². The van der Waals surface area contributed by atoms with E-state index in [1.54, 1.807) is 30.3 Å². The number of carbonyl (C=O) groups is 1. The Bertz CT molecular complexity index is 1040. The van der Waals surface area contributed by atoms with Crippen LogP contribution in [0.15, 0.2) is 61.3 Å². The normalized spacial score (nSPS) is 10.2. The molecule has 0 saturated heterocycles. The summed E-state index contributed by atoms with van der Waals surface area (Å²) in [6, 6.07) is 11.2. The van der Waals surface area contributed by atoms with E-state index in [-0.39, 0.29) is 28.4 Å². The molecule has 28 heavy (non-hydrogen) atoms. The lowest BCUT2D eigenvalue weighted by Gasteiger charge is -2.11. The molecule has 1 heterocycles. The molecule has 0 bridgehead atoms. The summed E-state index contributed by atoms with van der Waals surface area (Å²) in [7, 11) is 0. The summed E-state index contributed by atoms with van der Waals surface area (Å²) in [6.45, 7) is 3.39. The van der Waals surface area contributed by atoms with E-state index in [0.29, 0.717) is 17.1 Å². The van der Waals surface area contributed by atoms with Gasteiger partial charge in [-0.15, -0.1) is 0 Å². The second-order valence-corrected chi connectivity index (χ2v) is 5.99. The van der Waals surface area contributed by atoms with Crippen molar-refractivity contribution < 1.29 is 14.3 Å². The molecule has 0 aliphatic rings. The first-order valence-electron chi connectivity index (χ1n) is 8.03. The molecule has 0 saturated carbocycles. The second kappa shape index (κ2) is 8.36. The van der Waals surface area contributed by atoms with E-state index >= 15 is 0 Å². The largest absolute Gasteiger partial charge is 0.506 e. The summed E-state index contributed by atoms with van der Waals surface area (Å²) in [5, 5.41) is 18.2. The lowest BCUT2D eigenvalue weighted by molar-refractivity contribution is -0.111. The molecule has 0 spiro atoms. The summed E-state index contributed by atoms with van der Waals surface area (Å²) in [5.41, 5.74) is 1.50. The van der Waals surface area contributed by atoms with Gasteiger partial charge in [0.2, 0.25) is 11.9 Å². The summed E-state index contributed by atoms with van der Waals surface area (Å²) in [5.74, 6) is -1.08. The van der Waals surface area contributed by atoms with Crippen LogP contribution in [-0.2, 0) is 4.79 Å². The quantitative estimate of drug-likeness (QED) is 0.452. The first-order chi connectivity index (χ1) is 13.4. The molecule has 3 rings (SSSR count). The van der Waals surface area contributed by atoms with Crippen molar-refractivity contribution in [3.05, 3.63) is 72.2 Å². The first-order valence-corrected chi connectivity index (χ1v) is 8.41. The third-order valence-corrected chi connectivity index (χ3v) is 3.84. The minimum atomic E-state index is -0.662. The lowest BCUT2D eigenvalue weighted by atomic mass is 10.2. The van der Waals surface area contributed by atoms with Crippen molar-refractivity contribution in [3.8, 4) is 5.75 Å².